The molecule has 2 heteroatoms. The molecule has 0 amide bonds. The van der Waals surface area contributed by atoms with Crippen LogP contribution in [0.1, 0.15) is 19.4 Å². The van der Waals surface area contributed by atoms with E-state index >= 15 is 0 Å². The first kappa shape index (κ1) is 11.6. The van der Waals surface area contributed by atoms with Crippen molar-refractivity contribution >= 4 is 5.69 Å². The van der Waals surface area contributed by atoms with Crippen LogP contribution in [0.25, 0.3) is 0 Å². The van der Waals surface area contributed by atoms with Crippen LogP contribution < -0.4 is 5.32 Å². The topological polar surface area (TPSA) is 35.8 Å². The number of nitriles is 1. The van der Waals surface area contributed by atoms with Gasteiger partial charge in [-0.15, -0.1) is 0 Å². The van der Waals surface area contributed by atoms with Crippen molar-refractivity contribution in [2.24, 2.45) is 11.8 Å². The van der Waals surface area contributed by atoms with Crippen LogP contribution in [0.5, 0.6) is 0 Å². The Balaban J connectivity index is 2.50. The lowest BCUT2D eigenvalue weighted by molar-refractivity contribution is 0.496. The van der Waals surface area contributed by atoms with E-state index in [2.05, 4.69) is 44.3 Å². The van der Waals surface area contributed by atoms with Crippen LogP contribution in [-0.4, -0.2) is 6.54 Å². The van der Waals surface area contributed by atoms with Gasteiger partial charge in [-0.3, -0.25) is 0 Å². The predicted octanol–water partition coefficient (Wildman–Crippen LogP) is 3.20. The van der Waals surface area contributed by atoms with Gasteiger partial charge in [-0.05, 0) is 25.0 Å². The average Bonchev–Trinajstić information content (AvgIpc) is 2.21. The predicted molar refractivity (Wildman–Crippen MR) is 63.6 cm³/mol. The van der Waals surface area contributed by atoms with E-state index in [1.807, 2.05) is 12.1 Å². The third-order valence-electron chi connectivity index (χ3n) is 2.55. The highest BCUT2D eigenvalue weighted by Gasteiger charge is 2.11. The van der Waals surface area contributed by atoms with Crippen LogP contribution in [0.4, 0.5) is 5.69 Å². The molecule has 0 radical (unpaired) electrons. The van der Waals surface area contributed by atoms with Gasteiger partial charge in [0, 0.05) is 12.2 Å². The van der Waals surface area contributed by atoms with Crippen molar-refractivity contribution in [2.45, 2.75) is 20.8 Å². The van der Waals surface area contributed by atoms with Crippen molar-refractivity contribution in [3.63, 3.8) is 0 Å². The van der Waals surface area contributed by atoms with Crippen molar-refractivity contribution in [1.82, 2.24) is 0 Å². The van der Waals surface area contributed by atoms with Crippen molar-refractivity contribution in [1.29, 1.82) is 5.26 Å². The molecule has 2 nitrogen and oxygen atoms in total. The summed E-state index contributed by atoms with van der Waals surface area (Å²) in [7, 11) is 0. The van der Waals surface area contributed by atoms with Crippen molar-refractivity contribution in [2.75, 3.05) is 11.9 Å². The number of benzene rings is 1. The zero-order valence-corrected chi connectivity index (χ0v) is 9.62. The molecule has 0 spiro atoms. The lowest BCUT2D eigenvalue weighted by atomic mass is 9.97. The maximum Gasteiger partial charge on any atom is 0.0677 e. The summed E-state index contributed by atoms with van der Waals surface area (Å²) in [6, 6.07) is 10.5. The summed E-state index contributed by atoms with van der Waals surface area (Å²) >= 11 is 0. The lowest BCUT2D eigenvalue weighted by Crippen LogP contribution is -2.17. The van der Waals surface area contributed by atoms with Gasteiger partial charge in [0.1, 0.15) is 0 Å². The minimum absolute atomic E-state index is 0.0753. The second-order valence-corrected chi connectivity index (χ2v) is 4.23. The molecular weight excluding hydrogens is 184 g/mol. The fourth-order valence-electron chi connectivity index (χ4n) is 1.33. The van der Waals surface area contributed by atoms with Gasteiger partial charge in [0.25, 0.3) is 0 Å². The number of rotatable bonds is 4. The van der Waals surface area contributed by atoms with Crippen LogP contribution in [0.3, 0.4) is 0 Å². The first-order chi connectivity index (χ1) is 7.13. The highest BCUT2D eigenvalue weighted by Crippen LogP contribution is 2.13. The van der Waals surface area contributed by atoms with Crippen molar-refractivity contribution in [3.8, 4) is 6.07 Å². The monoisotopic (exact) mass is 202 g/mol. The van der Waals surface area contributed by atoms with Crippen LogP contribution in [0.15, 0.2) is 24.3 Å². The van der Waals surface area contributed by atoms with Crippen LogP contribution in [-0.2, 0) is 0 Å². The first-order valence-electron chi connectivity index (χ1n) is 5.33. The summed E-state index contributed by atoms with van der Waals surface area (Å²) in [5.74, 6) is 0.472. The van der Waals surface area contributed by atoms with Gasteiger partial charge in [-0.25, -0.2) is 0 Å². The highest BCUT2D eigenvalue weighted by molar-refractivity contribution is 5.44. The van der Waals surface area contributed by atoms with Gasteiger partial charge < -0.3 is 5.32 Å². The summed E-state index contributed by atoms with van der Waals surface area (Å²) in [5, 5.41) is 12.2. The molecule has 1 N–H and O–H groups in total. The van der Waals surface area contributed by atoms with E-state index in [9.17, 15) is 0 Å². The molecule has 0 aliphatic rings. The summed E-state index contributed by atoms with van der Waals surface area (Å²) in [4.78, 5) is 0. The van der Waals surface area contributed by atoms with E-state index in [1.165, 1.54) is 5.56 Å². The molecule has 1 aromatic carbocycles. The SMILES string of the molecule is Cc1ccc(NCC(C#N)C(C)C)cc1. The molecule has 0 fully saturated rings. The van der Waals surface area contributed by atoms with E-state index in [1.54, 1.807) is 0 Å². The quantitative estimate of drug-likeness (QED) is 0.813. The molecule has 0 aromatic heterocycles. The molecular formula is C13H18N2. The third-order valence-corrected chi connectivity index (χ3v) is 2.55. The Bertz CT molecular complexity index is 333. The largest absolute Gasteiger partial charge is 0.384 e. The second-order valence-electron chi connectivity index (χ2n) is 4.23. The normalized spacial score (nSPS) is 12.2. The molecule has 1 unspecified atom stereocenters. The van der Waals surface area contributed by atoms with Gasteiger partial charge in [0.15, 0.2) is 0 Å². The Hall–Kier alpha value is -1.49. The van der Waals surface area contributed by atoms with Crippen LogP contribution in [0, 0.1) is 30.1 Å². The van der Waals surface area contributed by atoms with Crippen LogP contribution >= 0.6 is 0 Å². The summed E-state index contributed by atoms with van der Waals surface area (Å²) in [6.45, 7) is 6.93. The van der Waals surface area contributed by atoms with Gasteiger partial charge in [-0.1, -0.05) is 31.5 Å². The highest BCUT2D eigenvalue weighted by atomic mass is 14.9. The van der Waals surface area contributed by atoms with E-state index in [4.69, 9.17) is 5.26 Å². The van der Waals surface area contributed by atoms with Gasteiger partial charge in [0.2, 0.25) is 0 Å². The van der Waals surface area contributed by atoms with Crippen molar-refractivity contribution in [3.05, 3.63) is 29.8 Å². The molecule has 0 saturated heterocycles. The zero-order chi connectivity index (χ0) is 11.3. The van der Waals surface area contributed by atoms with E-state index < -0.39 is 0 Å². The molecule has 0 aliphatic heterocycles. The zero-order valence-electron chi connectivity index (χ0n) is 9.62. The van der Waals surface area contributed by atoms with Gasteiger partial charge in [0.05, 0.1) is 12.0 Å². The molecule has 0 saturated carbocycles. The number of hydrogen-bond acceptors (Lipinski definition) is 2. The maximum atomic E-state index is 8.93. The number of anilines is 1. The Kier molecular flexibility index (Phi) is 4.17. The van der Waals surface area contributed by atoms with Crippen molar-refractivity contribution < 1.29 is 0 Å². The molecule has 1 atom stereocenters. The Morgan fingerprint density at radius 1 is 1.27 bits per heavy atom. The van der Waals surface area contributed by atoms with Crippen LogP contribution in [0.2, 0.25) is 0 Å². The molecule has 0 bridgehead atoms. The Morgan fingerprint density at radius 3 is 2.33 bits per heavy atom. The van der Waals surface area contributed by atoms with E-state index in [0.29, 0.717) is 5.92 Å². The average molecular weight is 202 g/mol. The minimum Gasteiger partial charge on any atom is -0.384 e. The van der Waals surface area contributed by atoms with E-state index in [-0.39, 0.29) is 5.92 Å². The third kappa shape index (κ3) is 3.63. The first-order valence-corrected chi connectivity index (χ1v) is 5.33. The fourth-order valence-corrected chi connectivity index (χ4v) is 1.33. The summed E-state index contributed by atoms with van der Waals surface area (Å²) < 4.78 is 0. The molecule has 1 rings (SSSR count). The molecule has 0 aliphatic carbocycles. The Morgan fingerprint density at radius 2 is 1.87 bits per heavy atom. The second kappa shape index (κ2) is 5.41. The molecule has 0 heterocycles. The standard InChI is InChI=1S/C13H18N2/c1-10(2)12(8-14)9-15-13-6-4-11(3)5-7-13/h4-7,10,12,15H,9H2,1-3H3. The van der Waals surface area contributed by atoms with Gasteiger partial charge in [-0.2, -0.15) is 5.26 Å². The molecule has 15 heavy (non-hydrogen) atoms. The fraction of sp³-hybridized carbons (Fsp3) is 0.462. The number of aryl methyl sites for hydroxylation is 1. The number of nitrogens with one attached hydrogen (secondary N) is 1. The molecule has 1 aromatic rings. The lowest BCUT2D eigenvalue weighted by Gasteiger charge is -2.14. The number of nitrogens with zero attached hydrogens (tertiary/aromatic N) is 1. The maximum absolute atomic E-state index is 8.93. The summed E-state index contributed by atoms with van der Waals surface area (Å²) in [6.07, 6.45) is 0. The Labute approximate surface area is 91.9 Å². The summed E-state index contributed by atoms with van der Waals surface area (Å²) in [5.41, 5.74) is 2.34. The smallest absolute Gasteiger partial charge is 0.0677 e. The van der Waals surface area contributed by atoms with E-state index in [0.717, 1.165) is 12.2 Å². The van der Waals surface area contributed by atoms with Gasteiger partial charge >= 0.3 is 0 Å². The minimum atomic E-state index is 0.0753. The molecule has 80 valence electrons. The number of hydrogen-bond donors (Lipinski definition) is 1.